The van der Waals surface area contributed by atoms with Crippen molar-refractivity contribution in [2.45, 2.75) is 359 Å². The highest BCUT2D eigenvalue weighted by atomic mass is 16.8. The van der Waals surface area contributed by atoms with Gasteiger partial charge in [-0.1, -0.05) is 67.0 Å². The summed E-state index contributed by atoms with van der Waals surface area (Å²) in [6.07, 6.45) is -60.7. The van der Waals surface area contributed by atoms with Gasteiger partial charge in [-0.3, -0.25) is 0 Å². The number of rotatable bonds is 26. The van der Waals surface area contributed by atoms with Crippen molar-refractivity contribution in [2.75, 3.05) is 46.2 Å². The highest BCUT2D eigenvalue weighted by Crippen LogP contribution is 2.82. The Balaban J connectivity index is 0.777. The van der Waals surface area contributed by atoms with Crippen molar-refractivity contribution < 1.29 is 194 Å². The lowest BCUT2D eigenvalue weighted by Crippen LogP contribution is -2.72. The zero-order valence-corrected chi connectivity index (χ0v) is 65.2. The summed E-state index contributed by atoms with van der Waals surface area (Å²) in [7, 11) is 0. The Morgan fingerprint density at radius 2 is 0.726 bits per heavy atom. The van der Waals surface area contributed by atoms with Gasteiger partial charge in [0.25, 0.3) is 0 Å². The minimum atomic E-state index is -2.19. The molecule has 45 atom stereocenters. The van der Waals surface area contributed by atoms with Gasteiger partial charge in [-0.15, -0.1) is 0 Å². The Kier molecular flexibility index (Phi) is 28.6. The number of hydrogen-bond acceptors (Lipinski definition) is 39. The average Bonchev–Trinajstić information content (AvgIpc) is 1.64. The van der Waals surface area contributed by atoms with Gasteiger partial charge in [-0.2, -0.15) is 0 Å². The van der Waals surface area contributed by atoms with E-state index in [0.29, 0.717) is 32.1 Å². The molecule has 0 aromatic rings. The second-order valence-corrected chi connectivity index (χ2v) is 35.5. The van der Waals surface area contributed by atoms with Crippen LogP contribution in [0, 0.1) is 44.3 Å². The fourth-order valence-corrected chi connectivity index (χ4v) is 21.3. The van der Waals surface area contributed by atoms with Gasteiger partial charge >= 0.3 is 0 Å². The van der Waals surface area contributed by atoms with Crippen molar-refractivity contribution in [3.8, 4) is 0 Å². The van der Waals surface area contributed by atoms with Crippen molar-refractivity contribution >= 4 is 0 Å². The van der Waals surface area contributed by atoms with Crippen LogP contribution in [0.2, 0.25) is 0 Å². The van der Waals surface area contributed by atoms with E-state index >= 15 is 0 Å². The van der Waals surface area contributed by atoms with E-state index in [0.717, 1.165) is 18.4 Å². The minimum Gasteiger partial charge on any atom is -0.394 e. The summed E-state index contributed by atoms with van der Waals surface area (Å²) in [4.78, 5) is 0. The topological polar surface area (TPSA) is 635 Å². The predicted octanol–water partition coefficient (Wildman–Crippen LogP) is -8.98. The standard InChI is InChI=1S/C74H126O39/c1-27(11-12-39(69(4,5)99)108-67-60(55(98)59(35(26-81)106-67)112-64-51(94)45(88)42(85)31(22-77)102-64)113-66-54(97)48(91)58(34(25-80)105-66)110-63-50(93)44(87)41(84)30(21-76)101-63)28-13-17-72(8)71(28,7)19-37(82)74(10)70(6)16-15-38(68(2,3)36(70)14-18-73(72,74)9)107-61-52(95)46(89)56(32(23-78)103-61)111-65-53(96)47(90)57(33(24-79)104-65)109-62-49(92)43(86)40(83)29(20-75)100-62/h14,27-35,37-67,75-99H,11-13,15-26H2,1-10H3/t27-,28?,29-,30-,31-,32-,33-,34-,35-,37?,38+,39-,40-,41-,42-,43+,44+,45+,46-,47-,48-,49-,50-,51-,52-,53-,54-,55+,56-,57-,58-,59-,60-,61?,62?,63?,64?,65?,66?,67?,70-,71-,72-,73+,74+/m1/s1. The smallest absolute Gasteiger partial charge is 0.187 e. The Morgan fingerprint density at radius 3 is 1.10 bits per heavy atom. The molecule has 39 heteroatoms. The number of aliphatic hydroxyl groups excluding tert-OH is 24. The fraction of sp³-hybridized carbons (Fsp3) is 0.973. The maximum Gasteiger partial charge on any atom is 0.187 e. The molecule has 39 nitrogen and oxygen atoms in total. The summed E-state index contributed by atoms with van der Waals surface area (Å²) in [6.45, 7) is 14.0. The van der Waals surface area contributed by atoms with E-state index in [2.05, 4.69) is 47.6 Å². The minimum absolute atomic E-state index is 0.0496. The molecule has 7 saturated heterocycles. The summed E-state index contributed by atoms with van der Waals surface area (Å²) in [6, 6.07) is 0. The molecule has 656 valence electrons. The first-order valence-corrected chi connectivity index (χ1v) is 39.3. The summed E-state index contributed by atoms with van der Waals surface area (Å²) in [5, 5.41) is 275. The molecule has 9 unspecified atom stereocenters. The Bertz CT molecular complexity index is 3110. The molecule has 7 heterocycles. The summed E-state index contributed by atoms with van der Waals surface area (Å²) in [5.41, 5.74) is -4.62. The molecular formula is C74H126O39. The predicted molar refractivity (Wildman–Crippen MR) is 375 cm³/mol. The van der Waals surface area contributed by atoms with Gasteiger partial charge in [0.2, 0.25) is 0 Å². The monoisotopic (exact) mass is 1640 g/mol. The van der Waals surface area contributed by atoms with Crippen LogP contribution in [0.5, 0.6) is 0 Å². The van der Waals surface area contributed by atoms with Crippen LogP contribution >= 0.6 is 0 Å². The number of ether oxygens (including phenoxy) is 14. The van der Waals surface area contributed by atoms with Crippen molar-refractivity contribution in [1.29, 1.82) is 0 Å². The van der Waals surface area contributed by atoms with Gasteiger partial charge in [0.05, 0.1) is 70.2 Å². The fourth-order valence-electron chi connectivity index (χ4n) is 21.3. The van der Waals surface area contributed by atoms with Crippen LogP contribution in [0.15, 0.2) is 11.6 Å². The summed E-state index contributed by atoms with van der Waals surface area (Å²) >= 11 is 0. The molecule has 4 aliphatic carbocycles. The van der Waals surface area contributed by atoms with Crippen molar-refractivity contribution in [3.05, 3.63) is 11.6 Å². The molecule has 10 fully saturated rings. The van der Waals surface area contributed by atoms with E-state index in [1.54, 1.807) is 0 Å². The molecule has 0 aromatic heterocycles. The highest BCUT2D eigenvalue weighted by molar-refractivity contribution is 5.39. The number of hydrogen-bond donors (Lipinski definition) is 25. The normalized spacial score (nSPS) is 52.9. The Morgan fingerprint density at radius 1 is 0.389 bits per heavy atom. The van der Waals surface area contributed by atoms with Crippen LogP contribution in [-0.2, 0) is 66.3 Å². The molecule has 11 aliphatic rings. The zero-order valence-electron chi connectivity index (χ0n) is 65.2. The van der Waals surface area contributed by atoms with Gasteiger partial charge in [-0.25, -0.2) is 0 Å². The Labute approximate surface area is 653 Å². The molecule has 0 aromatic carbocycles. The number of allylic oxidation sites excluding steroid dienone is 1. The summed E-state index contributed by atoms with van der Waals surface area (Å²) in [5.74, 6) is -0.198. The van der Waals surface area contributed by atoms with Crippen LogP contribution in [0.1, 0.15) is 121 Å². The second kappa shape index (κ2) is 35.2. The molecule has 0 bridgehead atoms. The van der Waals surface area contributed by atoms with Crippen LogP contribution in [0.25, 0.3) is 0 Å². The first-order chi connectivity index (χ1) is 52.9. The largest absolute Gasteiger partial charge is 0.394 e. The van der Waals surface area contributed by atoms with E-state index in [9.17, 15) is 128 Å². The molecule has 11 rings (SSSR count). The zero-order chi connectivity index (χ0) is 83.4. The molecule has 3 saturated carbocycles. The highest BCUT2D eigenvalue weighted by Gasteiger charge is 2.78. The van der Waals surface area contributed by atoms with Crippen molar-refractivity contribution in [1.82, 2.24) is 0 Å². The van der Waals surface area contributed by atoms with E-state index in [-0.39, 0.29) is 18.3 Å². The maximum atomic E-state index is 13.3. The van der Waals surface area contributed by atoms with Crippen molar-refractivity contribution in [2.24, 2.45) is 44.3 Å². The van der Waals surface area contributed by atoms with E-state index in [4.69, 9.17) is 66.3 Å². The second-order valence-electron chi connectivity index (χ2n) is 35.5. The van der Waals surface area contributed by atoms with Gasteiger partial charge in [0.1, 0.15) is 171 Å². The Hall–Kier alpha value is -1.82. The first kappa shape index (κ1) is 91.9. The van der Waals surface area contributed by atoms with E-state index in [1.165, 1.54) is 13.8 Å². The third kappa shape index (κ3) is 16.0. The van der Waals surface area contributed by atoms with Gasteiger partial charge < -0.3 is 194 Å². The first-order valence-electron chi connectivity index (χ1n) is 39.3. The van der Waals surface area contributed by atoms with Gasteiger partial charge in [0.15, 0.2) is 44.0 Å². The molecule has 113 heavy (non-hydrogen) atoms. The van der Waals surface area contributed by atoms with Gasteiger partial charge in [-0.05, 0) is 98.7 Å². The molecule has 25 N–H and O–H groups in total. The molecular weight excluding hydrogens is 1510 g/mol. The van der Waals surface area contributed by atoms with Gasteiger partial charge in [0, 0.05) is 10.8 Å². The van der Waals surface area contributed by atoms with E-state index < -0.39 is 318 Å². The molecule has 0 spiro atoms. The number of fused-ring (bicyclic) bond motifs is 5. The SMILES string of the molecule is C[C@H](CC[C@@H](OC1O[C@H](CO)[C@@H](OC2O[C@H](CO)[C@@H](O)[C@H](O)[C@H]2O)[C@H](O)[C@H]1OC1O[C@H](CO)[C@@H](OC2O[C@H](CO)[C@@H](O)[C@H](O)[C@H]2O)[C@H](O)[C@H]1O)C(C)(C)O)C1CC[C@@]2(C)[C@]3(C)CC=C4C(C)(C)[C@@H](OC5O[C@H](CO)[C@@H](OC6O[C@H](CO)[C@@H](OC7O[C@H](CO)[C@@H](O)[C@H](O)[C@H]7O)[C@H](O)[C@H]6O)[C@H](O)[C@H]5O)CC[C@@]4(C)[C@]3(C)C(O)C[C@]12C. The van der Waals surface area contributed by atoms with Crippen LogP contribution in [-0.4, -0.2) is 413 Å². The van der Waals surface area contributed by atoms with E-state index in [1.807, 2.05) is 13.8 Å². The van der Waals surface area contributed by atoms with Crippen molar-refractivity contribution in [3.63, 3.8) is 0 Å². The third-order valence-electron chi connectivity index (χ3n) is 28.8. The lowest BCUT2D eigenvalue weighted by atomic mass is 9.29. The lowest BCUT2D eigenvalue weighted by Gasteiger charge is -2.75. The molecule has 7 aliphatic heterocycles. The van der Waals surface area contributed by atoms with Crippen LogP contribution in [0.4, 0.5) is 0 Å². The van der Waals surface area contributed by atoms with Crippen LogP contribution in [0.3, 0.4) is 0 Å². The number of aliphatic hydroxyl groups is 25. The average molecular weight is 1640 g/mol. The lowest BCUT2D eigenvalue weighted by molar-refractivity contribution is -0.400. The maximum absolute atomic E-state index is 13.3. The quantitative estimate of drug-likeness (QED) is 0.0358. The third-order valence-corrected chi connectivity index (χ3v) is 28.8. The molecule has 0 radical (unpaired) electrons. The summed E-state index contributed by atoms with van der Waals surface area (Å²) < 4.78 is 83.7. The molecule has 0 amide bonds. The van der Waals surface area contributed by atoms with Crippen LogP contribution < -0.4 is 0 Å².